The van der Waals surface area contributed by atoms with Crippen LogP contribution in [0.15, 0.2) is 59.0 Å². The van der Waals surface area contributed by atoms with Gasteiger partial charge in [-0.3, -0.25) is 0 Å². The second-order valence-electron chi connectivity index (χ2n) is 5.32. The van der Waals surface area contributed by atoms with Crippen molar-refractivity contribution < 1.29 is 4.42 Å². The van der Waals surface area contributed by atoms with E-state index in [4.69, 9.17) is 10.2 Å². The minimum absolute atomic E-state index is 0.0529. The fourth-order valence-corrected chi connectivity index (χ4v) is 2.48. The van der Waals surface area contributed by atoms with Crippen LogP contribution in [0.3, 0.4) is 0 Å². The van der Waals surface area contributed by atoms with Crippen LogP contribution in [0.5, 0.6) is 0 Å². The number of hydrogen-bond acceptors (Lipinski definition) is 2. The molecule has 0 fully saturated rings. The Bertz CT molecular complexity index is 700. The van der Waals surface area contributed by atoms with E-state index in [1.165, 1.54) is 11.1 Å². The van der Waals surface area contributed by atoms with Crippen LogP contribution in [0.4, 0.5) is 0 Å². The van der Waals surface area contributed by atoms with Crippen molar-refractivity contribution in [3.63, 3.8) is 0 Å². The Hall–Kier alpha value is -2.06. The summed E-state index contributed by atoms with van der Waals surface area (Å²) < 4.78 is 5.85. The van der Waals surface area contributed by atoms with Crippen molar-refractivity contribution in [3.05, 3.63) is 71.5 Å². The van der Waals surface area contributed by atoms with Crippen LogP contribution in [0.1, 0.15) is 29.3 Å². The Morgan fingerprint density at radius 1 is 1.05 bits per heavy atom. The lowest BCUT2D eigenvalue weighted by molar-refractivity contribution is 0.478. The zero-order chi connectivity index (χ0) is 13.9. The van der Waals surface area contributed by atoms with Gasteiger partial charge in [0.2, 0.25) is 0 Å². The minimum Gasteiger partial charge on any atom is -0.459 e. The molecule has 0 aliphatic heterocycles. The predicted molar refractivity (Wildman–Crippen MR) is 82.6 cm³/mol. The predicted octanol–water partition coefficient (Wildman–Crippen LogP) is 4.37. The average molecular weight is 265 g/mol. The van der Waals surface area contributed by atoms with Gasteiger partial charge in [0.05, 0.1) is 6.04 Å². The van der Waals surface area contributed by atoms with E-state index in [1.54, 1.807) is 0 Å². The number of aryl methyl sites for hydroxylation is 2. The summed E-state index contributed by atoms with van der Waals surface area (Å²) in [5, 5.41) is 1.13. The molecule has 1 unspecified atom stereocenters. The third kappa shape index (κ3) is 2.75. The van der Waals surface area contributed by atoms with E-state index < -0.39 is 0 Å². The van der Waals surface area contributed by atoms with Crippen molar-refractivity contribution in [1.82, 2.24) is 0 Å². The molecule has 0 aliphatic carbocycles. The highest BCUT2D eigenvalue weighted by molar-refractivity contribution is 5.78. The first-order valence-electron chi connectivity index (χ1n) is 7.02. The van der Waals surface area contributed by atoms with Crippen LogP contribution < -0.4 is 5.73 Å². The topological polar surface area (TPSA) is 39.2 Å². The van der Waals surface area contributed by atoms with Gasteiger partial charge in [-0.05, 0) is 43.5 Å². The maximum Gasteiger partial charge on any atom is 0.134 e. The molecule has 102 valence electrons. The minimum atomic E-state index is -0.0529. The van der Waals surface area contributed by atoms with Crippen molar-refractivity contribution in [1.29, 1.82) is 0 Å². The third-order valence-electron chi connectivity index (χ3n) is 3.64. The van der Waals surface area contributed by atoms with E-state index in [1.807, 2.05) is 12.1 Å². The zero-order valence-electron chi connectivity index (χ0n) is 11.7. The van der Waals surface area contributed by atoms with Crippen LogP contribution in [0.2, 0.25) is 0 Å². The Labute approximate surface area is 119 Å². The van der Waals surface area contributed by atoms with Gasteiger partial charge in [0, 0.05) is 5.39 Å². The van der Waals surface area contributed by atoms with Gasteiger partial charge in [0.15, 0.2) is 0 Å². The normalized spacial score (nSPS) is 12.7. The summed E-state index contributed by atoms with van der Waals surface area (Å²) in [4.78, 5) is 0. The van der Waals surface area contributed by atoms with E-state index in [-0.39, 0.29) is 6.04 Å². The molecule has 2 heteroatoms. The maximum atomic E-state index is 6.25. The molecule has 1 heterocycles. The van der Waals surface area contributed by atoms with Crippen LogP contribution in [0.25, 0.3) is 11.0 Å². The lowest BCUT2D eigenvalue weighted by Crippen LogP contribution is -2.10. The van der Waals surface area contributed by atoms with Crippen molar-refractivity contribution in [2.24, 2.45) is 5.73 Å². The molecule has 0 aliphatic rings. The summed E-state index contributed by atoms with van der Waals surface area (Å²) in [5.41, 5.74) is 9.72. The highest BCUT2D eigenvalue weighted by Crippen LogP contribution is 2.26. The fraction of sp³-hybridized carbons (Fsp3) is 0.222. The number of fused-ring (bicyclic) bond motifs is 1. The molecule has 2 aromatic carbocycles. The molecule has 3 rings (SSSR count). The van der Waals surface area contributed by atoms with E-state index in [9.17, 15) is 0 Å². The van der Waals surface area contributed by atoms with Gasteiger partial charge in [-0.2, -0.15) is 0 Å². The SMILES string of the molecule is Cc1ccc2oc(C(N)CCc3ccccc3)cc2c1. The summed E-state index contributed by atoms with van der Waals surface area (Å²) in [6.45, 7) is 2.08. The molecule has 0 saturated carbocycles. The van der Waals surface area contributed by atoms with E-state index >= 15 is 0 Å². The number of nitrogens with two attached hydrogens (primary N) is 1. The van der Waals surface area contributed by atoms with Crippen molar-refractivity contribution in [2.45, 2.75) is 25.8 Å². The van der Waals surface area contributed by atoms with Crippen LogP contribution >= 0.6 is 0 Å². The van der Waals surface area contributed by atoms with Gasteiger partial charge in [-0.25, -0.2) is 0 Å². The Morgan fingerprint density at radius 2 is 1.85 bits per heavy atom. The van der Waals surface area contributed by atoms with Gasteiger partial charge in [0.1, 0.15) is 11.3 Å². The lowest BCUT2D eigenvalue weighted by atomic mass is 10.0. The summed E-state index contributed by atoms with van der Waals surface area (Å²) in [7, 11) is 0. The van der Waals surface area contributed by atoms with Crippen LogP contribution in [0, 0.1) is 6.92 Å². The quantitative estimate of drug-likeness (QED) is 0.760. The summed E-state index contributed by atoms with van der Waals surface area (Å²) in [6.07, 6.45) is 1.86. The molecule has 0 amide bonds. The Morgan fingerprint density at radius 3 is 2.65 bits per heavy atom. The van der Waals surface area contributed by atoms with Crippen molar-refractivity contribution in [2.75, 3.05) is 0 Å². The summed E-state index contributed by atoms with van der Waals surface area (Å²) in [6, 6.07) is 18.6. The molecule has 0 radical (unpaired) electrons. The average Bonchev–Trinajstić information content (AvgIpc) is 2.89. The molecule has 0 bridgehead atoms. The first-order valence-corrected chi connectivity index (χ1v) is 7.02. The second-order valence-corrected chi connectivity index (χ2v) is 5.32. The molecule has 20 heavy (non-hydrogen) atoms. The van der Waals surface area contributed by atoms with Gasteiger partial charge in [-0.1, -0.05) is 42.0 Å². The van der Waals surface area contributed by atoms with E-state index in [0.717, 1.165) is 29.6 Å². The van der Waals surface area contributed by atoms with Gasteiger partial charge < -0.3 is 10.2 Å². The highest BCUT2D eigenvalue weighted by Gasteiger charge is 2.12. The van der Waals surface area contributed by atoms with Gasteiger partial charge in [0.25, 0.3) is 0 Å². The molecular weight excluding hydrogens is 246 g/mol. The number of hydrogen-bond donors (Lipinski definition) is 1. The molecule has 2 N–H and O–H groups in total. The fourth-order valence-electron chi connectivity index (χ4n) is 2.48. The molecule has 3 aromatic rings. The van der Waals surface area contributed by atoms with Crippen molar-refractivity contribution >= 4 is 11.0 Å². The lowest BCUT2D eigenvalue weighted by Gasteiger charge is -2.08. The number of furan rings is 1. The molecular formula is C18H19NO. The first-order chi connectivity index (χ1) is 9.72. The number of benzene rings is 2. The monoisotopic (exact) mass is 265 g/mol. The van der Waals surface area contributed by atoms with E-state index in [0.29, 0.717) is 0 Å². The van der Waals surface area contributed by atoms with Gasteiger partial charge >= 0.3 is 0 Å². The van der Waals surface area contributed by atoms with Crippen LogP contribution in [-0.4, -0.2) is 0 Å². The number of rotatable bonds is 4. The summed E-state index contributed by atoms with van der Waals surface area (Å²) in [5.74, 6) is 0.876. The highest BCUT2D eigenvalue weighted by atomic mass is 16.3. The third-order valence-corrected chi connectivity index (χ3v) is 3.64. The Kier molecular flexibility index (Phi) is 3.57. The molecule has 1 atom stereocenters. The zero-order valence-corrected chi connectivity index (χ0v) is 11.7. The van der Waals surface area contributed by atoms with E-state index in [2.05, 4.69) is 49.4 Å². The maximum absolute atomic E-state index is 6.25. The molecule has 0 spiro atoms. The Balaban J connectivity index is 1.73. The standard InChI is InChI=1S/C18H19NO/c1-13-7-10-17-15(11-13)12-18(20-17)16(19)9-8-14-5-3-2-4-6-14/h2-7,10-12,16H,8-9,19H2,1H3. The molecule has 1 aromatic heterocycles. The summed E-state index contributed by atoms with van der Waals surface area (Å²) >= 11 is 0. The van der Waals surface area contributed by atoms with Crippen molar-refractivity contribution in [3.8, 4) is 0 Å². The second kappa shape index (κ2) is 5.51. The first kappa shape index (κ1) is 12.9. The van der Waals surface area contributed by atoms with Gasteiger partial charge in [-0.15, -0.1) is 0 Å². The smallest absolute Gasteiger partial charge is 0.134 e. The largest absolute Gasteiger partial charge is 0.459 e. The molecule has 0 saturated heterocycles. The van der Waals surface area contributed by atoms with Crippen LogP contribution in [-0.2, 0) is 6.42 Å². The molecule has 2 nitrogen and oxygen atoms in total.